The molecule has 1 amide bonds. The lowest BCUT2D eigenvalue weighted by Gasteiger charge is -2.31. The molecule has 2 aromatic carbocycles. The summed E-state index contributed by atoms with van der Waals surface area (Å²) in [6.07, 6.45) is 5.80. The van der Waals surface area contributed by atoms with E-state index in [0.29, 0.717) is 31.7 Å². The Morgan fingerprint density at radius 1 is 1.03 bits per heavy atom. The second-order valence-electron chi connectivity index (χ2n) is 8.82. The summed E-state index contributed by atoms with van der Waals surface area (Å²) in [5, 5.41) is 3.15. The fourth-order valence-electron chi connectivity index (χ4n) is 4.69. The van der Waals surface area contributed by atoms with Crippen LogP contribution in [0, 0.1) is 5.92 Å². The first-order valence-corrected chi connectivity index (χ1v) is 12.9. The zero-order valence-corrected chi connectivity index (χ0v) is 19.7. The first-order valence-electron chi connectivity index (χ1n) is 11.4. The van der Waals surface area contributed by atoms with E-state index < -0.39 is 10.0 Å². The number of hydrogen-bond donors (Lipinski definition) is 1. The molecule has 6 nitrogen and oxygen atoms in total. The van der Waals surface area contributed by atoms with E-state index >= 15 is 0 Å². The Bertz CT molecular complexity index is 1060. The zero-order valence-electron chi connectivity index (χ0n) is 18.8. The van der Waals surface area contributed by atoms with Gasteiger partial charge in [0.1, 0.15) is 5.75 Å². The van der Waals surface area contributed by atoms with Gasteiger partial charge in [-0.25, -0.2) is 8.42 Å². The average molecular weight is 457 g/mol. The van der Waals surface area contributed by atoms with Crippen LogP contribution in [0.25, 0.3) is 0 Å². The van der Waals surface area contributed by atoms with Gasteiger partial charge in [-0.1, -0.05) is 18.2 Å². The van der Waals surface area contributed by atoms with E-state index in [-0.39, 0.29) is 22.8 Å². The van der Waals surface area contributed by atoms with E-state index in [4.69, 9.17) is 4.74 Å². The molecule has 7 heteroatoms. The van der Waals surface area contributed by atoms with Gasteiger partial charge in [0.15, 0.2) is 0 Å². The SMILES string of the molecule is COc1ccc(S(=O)(=O)N2CCC(C(=O)N[C@@H](C)c3ccc4c(c3)CCCC4)CC2)cc1. The summed E-state index contributed by atoms with van der Waals surface area (Å²) >= 11 is 0. The van der Waals surface area contributed by atoms with Gasteiger partial charge in [-0.05, 0) is 86.4 Å². The molecule has 0 unspecified atom stereocenters. The molecule has 0 radical (unpaired) electrons. The standard InChI is InChI=1S/C25H32N2O4S/c1-18(21-8-7-19-5-3-4-6-22(19)17-21)26-25(28)20-13-15-27(16-14-20)32(29,30)24-11-9-23(31-2)10-12-24/h7-12,17-18,20H,3-6,13-16H2,1-2H3,(H,26,28)/t18-/m0/s1. The highest BCUT2D eigenvalue weighted by molar-refractivity contribution is 7.89. The topological polar surface area (TPSA) is 75.7 Å². The number of sulfonamides is 1. The first kappa shape index (κ1) is 22.8. The molecule has 2 aromatic rings. The quantitative estimate of drug-likeness (QED) is 0.716. The number of benzene rings is 2. The lowest BCUT2D eigenvalue weighted by atomic mass is 9.89. The minimum atomic E-state index is -3.56. The second-order valence-corrected chi connectivity index (χ2v) is 10.8. The van der Waals surface area contributed by atoms with Crippen molar-refractivity contribution in [2.75, 3.05) is 20.2 Å². The van der Waals surface area contributed by atoms with Gasteiger partial charge in [-0.2, -0.15) is 4.31 Å². The molecule has 172 valence electrons. The summed E-state index contributed by atoms with van der Waals surface area (Å²) in [5.74, 6) is 0.460. The third-order valence-electron chi connectivity index (χ3n) is 6.75. The van der Waals surface area contributed by atoms with E-state index in [0.717, 1.165) is 18.4 Å². The molecule has 0 bridgehead atoms. The van der Waals surface area contributed by atoms with Crippen LogP contribution in [-0.2, 0) is 27.7 Å². The number of nitrogens with zero attached hydrogens (tertiary/aromatic N) is 1. The van der Waals surface area contributed by atoms with E-state index in [1.807, 2.05) is 6.92 Å². The van der Waals surface area contributed by atoms with Crippen LogP contribution in [0.2, 0.25) is 0 Å². The van der Waals surface area contributed by atoms with Crippen LogP contribution in [0.15, 0.2) is 47.4 Å². The van der Waals surface area contributed by atoms with Crippen molar-refractivity contribution in [3.8, 4) is 5.75 Å². The van der Waals surface area contributed by atoms with E-state index in [2.05, 4.69) is 23.5 Å². The predicted molar refractivity (Wildman–Crippen MR) is 124 cm³/mol. The van der Waals surface area contributed by atoms with Crippen LogP contribution in [0.1, 0.15) is 55.3 Å². The summed E-state index contributed by atoms with van der Waals surface area (Å²) in [4.78, 5) is 13.1. The van der Waals surface area contributed by atoms with Gasteiger partial charge in [0.2, 0.25) is 15.9 Å². The number of carbonyl (C=O) groups excluding carboxylic acids is 1. The lowest BCUT2D eigenvalue weighted by molar-refractivity contribution is -0.126. The molecule has 1 fully saturated rings. The van der Waals surface area contributed by atoms with Crippen LogP contribution in [-0.4, -0.2) is 38.8 Å². The van der Waals surface area contributed by atoms with Crippen molar-refractivity contribution >= 4 is 15.9 Å². The molecule has 0 saturated carbocycles. The maximum absolute atomic E-state index is 12.9. The molecular formula is C25H32N2O4S. The summed E-state index contributed by atoms with van der Waals surface area (Å²) in [6, 6.07) is 12.9. The van der Waals surface area contributed by atoms with Crippen LogP contribution >= 0.6 is 0 Å². The molecule has 1 heterocycles. The van der Waals surface area contributed by atoms with Gasteiger partial charge >= 0.3 is 0 Å². The van der Waals surface area contributed by atoms with Crippen molar-refractivity contribution in [3.63, 3.8) is 0 Å². The molecule has 2 aliphatic rings. The lowest BCUT2D eigenvalue weighted by Crippen LogP contribution is -2.43. The van der Waals surface area contributed by atoms with Crippen LogP contribution in [0.4, 0.5) is 0 Å². The largest absolute Gasteiger partial charge is 0.497 e. The van der Waals surface area contributed by atoms with Crippen molar-refractivity contribution in [2.24, 2.45) is 5.92 Å². The van der Waals surface area contributed by atoms with Gasteiger partial charge < -0.3 is 10.1 Å². The van der Waals surface area contributed by atoms with E-state index in [9.17, 15) is 13.2 Å². The van der Waals surface area contributed by atoms with Gasteiger partial charge in [-0.15, -0.1) is 0 Å². The fourth-order valence-corrected chi connectivity index (χ4v) is 6.16. The molecule has 0 spiro atoms. The van der Waals surface area contributed by atoms with E-state index in [1.165, 1.54) is 28.3 Å². The Morgan fingerprint density at radius 3 is 2.34 bits per heavy atom. The molecule has 4 rings (SSSR count). The highest BCUT2D eigenvalue weighted by Gasteiger charge is 2.32. The first-order chi connectivity index (χ1) is 15.4. The number of rotatable bonds is 6. The molecule has 32 heavy (non-hydrogen) atoms. The van der Waals surface area contributed by atoms with Crippen LogP contribution in [0.5, 0.6) is 5.75 Å². The van der Waals surface area contributed by atoms with Crippen molar-refractivity contribution in [1.82, 2.24) is 9.62 Å². The van der Waals surface area contributed by atoms with E-state index in [1.54, 1.807) is 31.4 Å². The Labute approximate surface area is 191 Å². The normalized spacial score (nSPS) is 18.6. The zero-order chi connectivity index (χ0) is 22.7. The number of fused-ring (bicyclic) bond motifs is 1. The van der Waals surface area contributed by atoms with Crippen LogP contribution < -0.4 is 10.1 Å². The smallest absolute Gasteiger partial charge is 0.243 e. The van der Waals surface area contributed by atoms with Gasteiger partial charge in [0, 0.05) is 19.0 Å². The number of nitrogens with one attached hydrogen (secondary N) is 1. The maximum Gasteiger partial charge on any atom is 0.243 e. The highest BCUT2D eigenvalue weighted by Crippen LogP contribution is 2.27. The Balaban J connectivity index is 1.34. The van der Waals surface area contributed by atoms with Gasteiger partial charge in [0.05, 0.1) is 18.0 Å². The average Bonchev–Trinajstić information content (AvgIpc) is 2.83. The van der Waals surface area contributed by atoms with Crippen molar-refractivity contribution in [3.05, 3.63) is 59.2 Å². The number of hydrogen-bond acceptors (Lipinski definition) is 4. The monoisotopic (exact) mass is 456 g/mol. The van der Waals surface area contributed by atoms with Crippen molar-refractivity contribution in [2.45, 2.75) is 56.4 Å². The third kappa shape index (κ3) is 4.84. The second kappa shape index (κ2) is 9.63. The highest BCUT2D eigenvalue weighted by atomic mass is 32.2. The molecule has 1 saturated heterocycles. The number of carbonyl (C=O) groups is 1. The van der Waals surface area contributed by atoms with Crippen molar-refractivity contribution < 1.29 is 17.9 Å². The molecule has 1 N–H and O–H groups in total. The maximum atomic E-state index is 12.9. The number of aryl methyl sites for hydroxylation is 2. The summed E-state index contributed by atoms with van der Waals surface area (Å²) in [6.45, 7) is 2.71. The Morgan fingerprint density at radius 2 is 1.69 bits per heavy atom. The molecule has 1 atom stereocenters. The summed E-state index contributed by atoms with van der Waals surface area (Å²) in [7, 11) is -2.02. The fraction of sp³-hybridized carbons (Fsp3) is 0.480. The number of piperidine rings is 1. The van der Waals surface area contributed by atoms with Crippen LogP contribution in [0.3, 0.4) is 0 Å². The molecule has 1 aliphatic carbocycles. The number of ether oxygens (including phenoxy) is 1. The third-order valence-corrected chi connectivity index (χ3v) is 8.67. The minimum absolute atomic E-state index is 0.0108. The summed E-state index contributed by atoms with van der Waals surface area (Å²) in [5.41, 5.74) is 3.98. The Hall–Kier alpha value is -2.38. The summed E-state index contributed by atoms with van der Waals surface area (Å²) < 4.78 is 32.4. The van der Waals surface area contributed by atoms with Crippen molar-refractivity contribution in [1.29, 1.82) is 0 Å². The minimum Gasteiger partial charge on any atom is -0.497 e. The number of amides is 1. The molecule has 0 aromatic heterocycles. The number of methoxy groups -OCH3 is 1. The Kier molecular flexibility index (Phi) is 6.86. The predicted octanol–water partition coefficient (Wildman–Crippen LogP) is 3.85. The van der Waals surface area contributed by atoms with Gasteiger partial charge in [0.25, 0.3) is 0 Å². The molecular weight excluding hydrogens is 424 g/mol. The molecule has 1 aliphatic heterocycles. The van der Waals surface area contributed by atoms with Gasteiger partial charge in [-0.3, -0.25) is 4.79 Å².